The minimum atomic E-state index is -0.582. The summed E-state index contributed by atoms with van der Waals surface area (Å²) in [7, 11) is 1.59. The molecule has 0 spiro atoms. The number of carbonyl (C=O) groups excluding carboxylic acids is 1. The fraction of sp³-hybridized carbons (Fsp3) is 0.632. The Kier molecular flexibility index (Phi) is 5.37. The van der Waals surface area contributed by atoms with Gasteiger partial charge in [0, 0.05) is 25.1 Å². The summed E-state index contributed by atoms with van der Waals surface area (Å²) in [5.41, 5.74) is 0.0252. The summed E-state index contributed by atoms with van der Waals surface area (Å²) in [6, 6.07) is 5.23. The number of rotatable bonds is 4. The van der Waals surface area contributed by atoms with Crippen LogP contribution >= 0.6 is 0 Å². The van der Waals surface area contributed by atoms with Crippen molar-refractivity contribution >= 4 is 11.7 Å². The standard InChI is InChI=1S/C19H28N2O4/c1-3-25-17-8-7-15(24-2)12-16(17)20-18(22)21-11-10-19(23)9-5-4-6-14(19)13-21/h7-8,12,14,23H,3-6,9-11,13H2,1-2H3,(H,20,22)/t14-,19+/m1/s1. The van der Waals surface area contributed by atoms with Crippen LogP contribution in [0.1, 0.15) is 39.0 Å². The van der Waals surface area contributed by atoms with E-state index in [0.717, 1.165) is 25.7 Å². The van der Waals surface area contributed by atoms with Crippen molar-refractivity contribution in [1.82, 2.24) is 4.90 Å². The van der Waals surface area contributed by atoms with Crippen LogP contribution in [-0.2, 0) is 0 Å². The number of aliphatic hydroxyl groups is 1. The minimum Gasteiger partial charge on any atom is -0.497 e. The maximum atomic E-state index is 12.7. The van der Waals surface area contributed by atoms with E-state index in [2.05, 4.69) is 5.32 Å². The van der Waals surface area contributed by atoms with E-state index in [-0.39, 0.29) is 11.9 Å². The molecule has 1 saturated carbocycles. The van der Waals surface area contributed by atoms with Gasteiger partial charge in [0.1, 0.15) is 11.5 Å². The lowest BCUT2D eigenvalue weighted by Crippen LogP contribution is -2.55. The number of hydrogen-bond donors (Lipinski definition) is 2. The molecule has 1 aliphatic heterocycles. The van der Waals surface area contributed by atoms with Gasteiger partial charge in [-0.25, -0.2) is 4.79 Å². The predicted octanol–water partition coefficient (Wildman–Crippen LogP) is 3.25. The molecule has 0 radical (unpaired) electrons. The summed E-state index contributed by atoms with van der Waals surface area (Å²) in [5, 5.41) is 13.7. The number of anilines is 1. The first kappa shape index (κ1) is 17.9. The lowest BCUT2D eigenvalue weighted by molar-refractivity contribution is -0.0863. The average molecular weight is 348 g/mol. The minimum absolute atomic E-state index is 0.151. The van der Waals surface area contributed by atoms with E-state index in [9.17, 15) is 9.90 Å². The topological polar surface area (TPSA) is 71.0 Å². The molecule has 2 N–H and O–H groups in total. The van der Waals surface area contributed by atoms with E-state index >= 15 is 0 Å². The van der Waals surface area contributed by atoms with Gasteiger partial charge >= 0.3 is 6.03 Å². The van der Waals surface area contributed by atoms with E-state index in [0.29, 0.717) is 43.3 Å². The third-order valence-electron chi connectivity index (χ3n) is 5.44. The highest BCUT2D eigenvalue weighted by Gasteiger charge is 2.43. The van der Waals surface area contributed by atoms with E-state index in [1.165, 1.54) is 0 Å². The number of likely N-dealkylation sites (tertiary alicyclic amines) is 1. The Morgan fingerprint density at radius 1 is 1.40 bits per heavy atom. The molecule has 25 heavy (non-hydrogen) atoms. The molecule has 0 unspecified atom stereocenters. The van der Waals surface area contributed by atoms with Gasteiger partial charge in [-0.15, -0.1) is 0 Å². The van der Waals surface area contributed by atoms with Gasteiger partial charge in [0.05, 0.1) is 25.0 Å². The second kappa shape index (κ2) is 7.52. The van der Waals surface area contributed by atoms with Crippen LogP contribution in [0.4, 0.5) is 10.5 Å². The van der Waals surface area contributed by atoms with Crippen molar-refractivity contribution in [2.24, 2.45) is 5.92 Å². The normalized spacial score (nSPS) is 25.9. The summed E-state index contributed by atoms with van der Waals surface area (Å²) in [6.45, 7) is 3.61. The van der Waals surface area contributed by atoms with Crippen molar-refractivity contribution in [2.45, 2.75) is 44.6 Å². The molecule has 2 amide bonds. The highest BCUT2D eigenvalue weighted by Crippen LogP contribution is 2.40. The average Bonchev–Trinajstić information content (AvgIpc) is 2.62. The number of urea groups is 1. The van der Waals surface area contributed by atoms with E-state index in [4.69, 9.17) is 9.47 Å². The molecule has 2 aliphatic rings. The predicted molar refractivity (Wildman–Crippen MR) is 96.3 cm³/mol. The Hall–Kier alpha value is -1.95. The number of nitrogens with zero attached hydrogens (tertiary/aromatic N) is 1. The first-order valence-electron chi connectivity index (χ1n) is 9.15. The summed E-state index contributed by atoms with van der Waals surface area (Å²) in [6.07, 6.45) is 4.72. The van der Waals surface area contributed by atoms with Gasteiger partial charge < -0.3 is 24.8 Å². The van der Waals surface area contributed by atoms with Gasteiger partial charge in [-0.2, -0.15) is 0 Å². The van der Waals surface area contributed by atoms with E-state index in [1.54, 1.807) is 24.1 Å². The Morgan fingerprint density at radius 2 is 2.24 bits per heavy atom. The lowest BCUT2D eigenvalue weighted by Gasteiger charge is -2.47. The molecule has 6 nitrogen and oxygen atoms in total. The van der Waals surface area contributed by atoms with Crippen LogP contribution in [0.15, 0.2) is 18.2 Å². The maximum Gasteiger partial charge on any atom is 0.321 e. The summed E-state index contributed by atoms with van der Waals surface area (Å²) >= 11 is 0. The van der Waals surface area contributed by atoms with Crippen molar-refractivity contribution in [2.75, 3.05) is 32.1 Å². The molecule has 138 valence electrons. The number of carbonyl (C=O) groups is 1. The first-order valence-corrected chi connectivity index (χ1v) is 9.15. The molecule has 1 aromatic carbocycles. The van der Waals surface area contributed by atoms with Crippen molar-refractivity contribution < 1.29 is 19.4 Å². The molecule has 6 heteroatoms. The van der Waals surface area contributed by atoms with Crippen LogP contribution in [-0.4, -0.2) is 48.4 Å². The number of nitrogens with one attached hydrogen (secondary N) is 1. The second-order valence-corrected chi connectivity index (χ2v) is 6.97. The third kappa shape index (κ3) is 3.84. The number of ether oxygens (including phenoxy) is 2. The Bertz CT molecular complexity index is 621. The van der Waals surface area contributed by atoms with Crippen LogP contribution in [0.2, 0.25) is 0 Å². The Balaban J connectivity index is 1.70. The van der Waals surface area contributed by atoms with Gasteiger partial charge in [0.25, 0.3) is 0 Å². The van der Waals surface area contributed by atoms with Crippen molar-refractivity contribution in [3.63, 3.8) is 0 Å². The molecule has 3 rings (SSSR count). The number of piperidine rings is 1. The fourth-order valence-corrected chi connectivity index (χ4v) is 3.96. The van der Waals surface area contributed by atoms with Crippen molar-refractivity contribution in [1.29, 1.82) is 0 Å². The van der Waals surface area contributed by atoms with Crippen LogP contribution in [0.3, 0.4) is 0 Å². The molecular formula is C19H28N2O4. The smallest absolute Gasteiger partial charge is 0.321 e. The summed E-state index contributed by atoms with van der Waals surface area (Å²) < 4.78 is 10.8. The van der Waals surface area contributed by atoms with Gasteiger partial charge in [0.15, 0.2) is 0 Å². The zero-order valence-electron chi connectivity index (χ0n) is 15.1. The maximum absolute atomic E-state index is 12.7. The van der Waals surface area contributed by atoms with Gasteiger partial charge in [0.2, 0.25) is 0 Å². The van der Waals surface area contributed by atoms with Gasteiger partial charge in [-0.3, -0.25) is 0 Å². The van der Waals surface area contributed by atoms with Crippen LogP contribution < -0.4 is 14.8 Å². The Labute approximate surface area is 149 Å². The molecule has 1 aliphatic carbocycles. The Morgan fingerprint density at radius 3 is 3.00 bits per heavy atom. The van der Waals surface area contributed by atoms with Crippen LogP contribution in [0.25, 0.3) is 0 Å². The molecule has 1 saturated heterocycles. The van der Waals surface area contributed by atoms with E-state index < -0.39 is 5.60 Å². The molecule has 2 atom stereocenters. The monoisotopic (exact) mass is 348 g/mol. The van der Waals surface area contributed by atoms with E-state index in [1.807, 2.05) is 13.0 Å². The molecular weight excluding hydrogens is 320 g/mol. The van der Waals surface area contributed by atoms with Crippen molar-refractivity contribution in [3.8, 4) is 11.5 Å². The number of methoxy groups -OCH3 is 1. The number of fused-ring (bicyclic) bond motifs is 1. The van der Waals surface area contributed by atoms with Gasteiger partial charge in [-0.1, -0.05) is 12.8 Å². The first-order chi connectivity index (χ1) is 12.1. The fourth-order valence-electron chi connectivity index (χ4n) is 3.96. The number of hydrogen-bond acceptors (Lipinski definition) is 4. The third-order valence-corrected chi connectivity index (χ3v) is 5.44. The largest absolute Gasteiger partial charge is 0.497 e. The molecule has 1 heterocycles. The highest BCUT2D eigenvalue weighted by molar-refractivity contribution is 5.91. The second-order valence-electron chi connectivity index (χ2n) is 6.97. The zero-order valence-corrected chi connectivity index (χ0v) is 15.1. The molecule has 0 aromatic heterocycles. The molecule has 1 aromatic rings. The molecule has 0 bridgehead atoms. The summed E-state index contributed by atoms with van der Waals surface area (Å²) in [5.74, 6) is 1.47. The SMILES string of the molecule is CCOc1ccc(OC)cc1NC(=O)N1CC[C@@]2(O)CCCC[C@@H]2C1. The van der Waals surface area contributed by atoms with Crippen molar-refractivity contribution in [3.05, 3.63) is 18.2 Å². The summed E-state index contributed by atoms with van der Waals surface area (Å²) in [4.78, 5) is 14.5. The lowest BCUT2D eigenvalue weighted by atomic mass is 9.71. The number of amides is 2. The quantitative estimate of drug-likeness (QED) is 0.876. The molecule has 2 fully saturated rings. The highest BCUT2D eigenvalue weighted by atomic mass is 16.5. The van der Waals surface area contributed by atoms with Gasteiger partial charge in [-0.05, 0) is 38.3 Å². The van der Waals surface area contributed by atoms with Crippen LogP contribution in [0.5, 0.6) is 11.5 Å². The number of benzene rings is 1. The van der Waals surface area contributed by atoms with Crippen LogP contribution in [0, 0.1) is 5.92 Å². The zero-order chi connectivity index (χ0) is 17.9.